The first-order valence-corrected chi connectivity index (χ1v) is 5.65. The van der Waals surface area contributed by atoms with Crippen molar-refractivity contribution in [3.63, 3.8) is 0 Å². The van der Waals surface area contributed by atoms with E-state index >= 15 is 0 Å². The molecule has 0 aliphatic heterocycles. The maximum Gasteiger partial charge on any atom is 0.431 e. The summed E-state index contributed by atoms with van der Waals surface area (Å²) in [6.45, 7) is -1.26. The smallest absolute Gasteiger partial charge is 0.431 e. The molecule has 1 aromatic carbocycles. The number of phenolic OH excluding ortho intramolecular Hbond substituents is 1. The van der Waals surface area contributed by atoms with Gasteiger partial charge in [-0.3, -0.25) is 0 Å². The highest BCUT2D eigenvalue weighted by Crippen LogP contribution is 2.55. The maximum absolute atomic E-state index is 13.3. The summed E-state index contributed by atoms with van der Waals surface area (Å²) in [6.07, 6.45) is -11.7. The highest BCUT2D eigenvalue weighted by atomic mass is 19.4. The Morgan fingerprint density at radius 2 is 1.55 bits per heavy atom. The average molecular weight is 334 g/mol. The van der Waals surface area contributed by atoms with E-state index in [1.54, 1.807) is 0 Å². The third-order valence-electron chi connectivity index (χ3n) is 2.76. The van der Waals surface area contributed by atoms with Crippen LogP contribution < -0.4 is 4.74 Å². The third-order valence-corrected chi connectivity index (χ3v) is 2.76. The van der Waals surface area contributed by atoms with Gasteiger partial charge in [-0.2, -0.15) is 26.3 Å². The molecule has 1 aromatic rings. The van der Waals surface area contributed by atoms with Gasteiger partial charge in [-0.25, -0.2) is 0 Å². The molecule has 0 aliphatic carbocycles. The Bertz CT molecular complexity index is 497. The van der Waals surface area contributed by atoms with E-state index in [4.69, 9.17) is 0 Å². The summed E-state index contributed by atoms with van der Waals surface area (Å²) >= 11 is 0. The standard InChI is InChI=1S/C12H12F6O4/c1-20-6-22-10(11(13,14)15,12(16,17)18)8-4-3-7(19)5-9(8)21-2/h3-5,19H,6H2,1-2H3. The zero-order valence-electron chi connectivity index (χ0n) is 11.4. The molecule has 10 heteroatoms. The highest BCUT2D eigenvalue weighted by Gasteiger charge is 2.74. The van der Waals surface area contributed by atoms with Crippen LogP contribution in [0.15, 0.2) is 18.2 Å². The quantitative estimate of drug-likeness (QED) is 0.663. The number of methoxy groups -OCH3 is 2. The molecule has 0 saturated carbocycles. The lowest BCUT2D eigenvalue weighted by Gasteiger charge is -2.37. The molecule has 0 bridgehead atoms. The summed E-state index contributed by atoms with van der Waals surface area (Å²) in [7, 11) is 1.75. The van der Waals surface area contributed by atoms with Crippen molar-refractivity contribution in [2.75, 3.05) is 21.0 Å². The van der Waals surface area contributed by atoms with Crippen LogP contribution in [-0.4, -0.2) is 38.5 Å². The van der Waals surface area contributed by atoms with Crippen molar-refractivity contribution in [3.8, 4) is 11.5 Å². The monoisotopic (exact) mass is 334 g/mol. The van der Waals surface area contributed by atoms with E-state index < -0.39 is 41.8 Å². The van der Waals surface area contributed by atoms with Gasteiger partial charge in [0.25, 0.3) is 5.60 Å². The predicted molar refractivity (Wildman–Crippen MR) is 61.4 cm³/mol. The lowest BCUT2D eigenvalue weighted by Crippen LogP contribution is -2.56. The van der Waals surface area contributed by atoms with Gasteiger partial charge in [0.15, 0.2) is 0 Å². The largest absolute Gasteiger partial charge is 0.508 e. The molecule has 0 aliphatic rings. The van der Waals surface area contributed by atoms with Crippen LogP contribution in [0, 0.1) is 0 Å². The van der Waals surface area contributed by atoms with Crippen LogP contribution in [0.3, 0.4) is 0 Å². The molecule has 0 spiro atoms. The van der Waals surface area contributed by atoms with Crippen molar-refractivity contribution in [2.24, 2.45) is 0 Å². The number of aromatic hydroxyl groups is 1. The first-order chi connectivity index (χ1) is 10.0. The van der Waals surface area contributed by atoms with Crippen LogP contribution in [0.4, 0.5) is 26.3 Å². The summed E-state index contributed by atoms with van der Waals surface area (Å²) in [4.78, 5) is 0. The van der Waals surface area contributed by atoms with Crippen molar-refractivity contribution < 1.29 is 45.7 Å². The molecule has 0 heterocycles. The number of alkyl halides is 6. The van der Waals surface area contributed by atoms with Gasteiger partial charge in [0.1, 0.15) is 18.3 Å². The van der Waals surface area contributed by atoms with Gasteiger partial charge in [-0.1, -0.05) is 0 Å². The predicted octanol–water partition coefficient (Wildman–Crippen LogP) is 3.34. The molecule has 0 amide bonds. The van der Waals surface area contributed by atoms with Crippen molar-refractivity contribution in [2.45, 2.75) is 18.0 Å². The molecule has 0 atom stereocenters. The van der Waals surface area contributed by atoms with Gasteiger partial charge >= 0.3 is 12.4 Å². The fourth-order valence-corrected chi connectivity index (χ4v) is 1.83. The summed E-state index contributed by atoms with van der Waals surface area (Å²) in [6, 6.07) is 1.72. The van der Waals surface area contributed by atoms with Crippen LogP contribution >= 0.6 is 0 Å². The maximum atomic E-state index is 13.3. The molecular weight excluding hydrogens is 322 g/mol. The lowest BCUT2D eigenvalue weighted by molar-refractivity contribution is -0.400. The van der Waals surface area contributed by atoms with Gasteiger partial charge in [0.2, 0.25) is 0 Å². The Morgan fingerprint density at radius 1 is 1.00 bits per heavy atom. The summed E-state index contributed by atoms with van der Waals surface area (Å²) in [5.41, 5.74) is -6.00. The molecule has 4 nitrogen and oxygen atoms in total. The van der Waals surface area contributed by atoms with Crippen molar-refractivity contribution in [3.05, 3.63) is 23.8 Å². The van der Waals surface area contributed by atoms with Crippen molar-refractivity contribution in [1.29, 1.82) is 0 Å². The second kappa shape index (κ2) is 6.21. The first-order valence-electron chi connectivity index (χ1n) is 5.65. The molecule has 0 aromatic heterocycles. The minimum Gasteiger partial charge on any atom is -0.508 e. The van der Waals surface area contributed by atoms with E-state index in [0.717, 1.165) is 14.2 Å². The zero-order valence-corrected chi connectivity index (χ0v) is 11.4. The molecule has 126 valence electrons. The number of rotatable bonds is 5. The summed E-state index contributed by atoms with van der Waals surface area (Å²) in [5, 5.41) is 9.21. The summed E-state index contributed by atoms with van der Waals surface area (Å²) in [5.74, 6) is -1.39. The van der Waals surface area contributed by atoms with Gasteiger partial charge in [0, 0.05) is 18.7 Å². The van der Waals surface area contributed by atoms with Gasteiger partial charge in [-0.15, -0.1) is 0 Å². The minimum atomic E-state index is -5.85. The normalized spacial score (nSPS) is 13.3. The van der Waals surface area contributed by atoms with Crippen molar-refractivity contribution in [1.82, 2.24) is 0 Å². The number of halogens is 6. The van der Waals surface area contributed by atoms with Crippen LogP contribution in [-0.2, 0) is 15.1 Å². The molecule has 0 radical (unpaired) electrons. The topological polar surface area (TPSA) is 47.9 Å². The fraction of sp³-hybridized carbons (Fsp3) is 0.500. The molecule has 0 unspecified atom stereocenters. The highest BCUT2D eigenvalue weighted by molar-refractivity contribution is 5.45. The number of ether oxygens (including phenoxy) is 3. The van der Waals surface area contributed by atoms with Gasteiger partial charge in [0.05, 0.1) is 7.11 Å². The Balaban J connectivity index is 3.69. The second-order valence-electron chi connectivity index (χ2n) is 4.11. The minimum absolute atomic E-state index is 0.435. The van der Waals surface area contributed by atoms with Gasteiger partial charge < -0.3 is 19.3 Å². The Labute approximate surface area is 121 Å². The number of hydrogen-bond acceptors (Lipinski definition) is 4. The lowest BCUT2D eigenvalue weighted by atomic mass is 9.90. The average Bonchev–Trinajstić information content (AvgIpc) is 2.37. The molecule has 22 heavy (non-hydrogen) atoms. The third kappa shape index (κ3) is 3.07. The number of hydrogen-bond donors (Lipinski definition) is 1. The SMILES string of the molecule is COCOC(c1ccc(O)cc1OC)(C(F)(F)F)C(F)(F)F. The zero-order chi connectivity index (χ0) is 17.2. The molecule has 0 fully saturated rings. The van der Waals surface area contributed by atoms with E-state index in [2.05, 4.69) is 14.2 Å². The fourth-order valence-electron chi connectivity index (χ4n) is 1.83. The number of benzene rings is 1. The summed E-state index contributed by atoms with van der Waals surface area (Å²) < 4.78 is 92.4. The first kappa shape index (κ1) is 18.4. The van der Waals surface area contributed by atoms with E-state index in [-0.39, 0.29) is 0 Å². The van der Waals surface area contributed by atoms with Crippen LogP contribution in [0.5, 0.6) is 11.5 Å². The van der Waals surface area contributed by atoms with Crippen LogP contribution in [0.1, 0.15) is 5.56 Å². The molecule has 1 rings (SSSR count). The van der Waals surface area contributed by atoms with E-state index in [0.29, 0.717) is 18.2 Å². The van der Waals surface area contributed by atoms with Crippen LogP contribution in [0.25, 0.3) is 0 Å². The molecule has 0 saturated heterocycles. The van der Waals surface area contributed by atoms with E-state index in [1.807, 2.05) is 0 Å². The van der Waals surface area contributed by atoms with E-state index in [1.165, 1.54) is 0 Å². The Kier molecular flexibility index (Phi) is 5.18. The molecular formula is C12H12F6O4. The Hall–Kier alpha value is -1.68. The van der Waals surface area contributed by atoms with E-state index in [9.17, 15) is 31.4 Å². The van der Waals surface area contributed by atoms with Gasteiger partial charge in [-0.05, 0) is 12.1 Å². The number of phenols is 1. The van der Waals surface area contributed by atoms with Crippen molar-refractivity contribution >= 4 is 0 Å². The second-order valence-corrected chi connectivity index (χ2v) is 4.11. The Morgan fingerprint density at radius 3 is 1.95 bits per heavy atom. The van der Waals surface area contributed by atoms with Crippen LogP contribution in [0.2, 0.25) is 0 Å². The molecule has 1 N–H and O–H groups in total.